The maximum absolute atomic E-state index is 5.32. The molecule has 4 nitrogen and oxygen atoms in total. The Morgan fingerprint density at radius 1 is 0.290 bits per heavy atom. The molecule has 0 amide bonds. The maximum atomic E-state index is 5.32. The van der Waals surface area contributed by atoms with E-state index in [-0.39, 0.29) is 0 Å². The number of nitrogens with zero attached hydrogens (tertiary/aromatic N) is 4. The lowest BCUT2D eigenvalue weighted by atomic mass is 10.00. The largest absolute Gasteiger partial charge is 0.309 e. The summed E-state index contributed by atoms with van der Waals surface area (Å²) in [6, 6.07) is 77.5. The second-order valence-corrected chi connectivity index (χ2v) is 16.7. The van der Waals surface area contributed by atoms with Crippen LogP contribution >= 0.6 is 11.3 Å². The minimum Gasteiger partial charge on any atom is -0.309 e. The van der Waals surface area contributed by atoms with Gasteiger partial charge in [0.15, 0.2) is 17.5 Å². The van der Waals surface area contributed by atoms with Crippen LogP contribution in [0.2, 0.25) is 0 Å². The first kappa shape index (κ1) is 35.9. The summed E-state index contributed by atoms with van der Waals surface area (Å²) in [4.78, 5) is 15.9. The lowest BCUT2D eigenvalue weighted by molar-refractivity contribution is 1.07. The highest BCUT2D eigenvalue weighted by Crippen LogP contribution is 2.40. The Morgan fingerprint density at radius 2 is 0.742 bits per heavy atom. The Bertz CT molecular complexity index is 3590. The Balaban J connectivity index is 1.06. The van der Waals surface area contributed by atoms with Crippen molar-refractivity contribution in [1.82, 2.24) is 19.5 Å². The third kappa shape index (κ3) is 6.26. The van der Waals surface area contributed by atoms with Crippen molar-refractivity contribution in [2.75, 3.05) is 0 Å². The molecule has 0 fully saturated rings. The van der Waals surface area contributed by atoms with Gasteiger partial charge in [0.05, 0.1) is 16.7 Å². The molecule has 0 N–H and O–H groups in total. The molecule has 9 aromatic carbocycles. The van der Waals surface area contributed by atoms with E-state index in [2.05, 4.69) is 217 Å². The van der Waals surface area contributed by atoms with Crippen LogP contribution in [-0.4, -0.2) is 19.5 Å². The lowest BCUT2D eigenvalue weighted by Gasteiger charge is -2.16. The summed E-state index contributed by atoms with van der Waals surface area (Å²) in [5, 5.41) is 4.98. The molecular weight excluding hydrogens is 773 g/mol. The van der Waals surface area contributed by atoms with E-state index < -0.39 is 0 Å². The molecule has 0 bridgehead atoms. The smallest absolute Gasteiger partial charge is 0.164 e. The second kappa shape index (κ2) is 14.9. The summed E-state index contributed by atoms with van der Waals surface area (Å²) >= 11 is 1.84. The fraction of sp³-hybridized carbons (Fsp3) is 0. The topological polar surface area (TPSA) is 43.6 Å². The first-order chi connectivity index (χ1) is 30.7. The molecule has 5 heteroatoms. The van der Waals surface area contributed by atoms with E-state index in [0.29, 0.717) is 17.5 Å². The standard InChI is InChI=1S/C57H36N4S/c1-3-15-37(16-4-1)39-19-13-21-42(33-39)55-58-56(43-22-14-20-40(34-43)41-30-32-54-49(35-41)48-25-9-12-28-53(48)62-54)60-57(59-55)44-29-31-45(38-17-5-2-6-18-38)52(36-44)61-50-26-10-7-23-46(50)47-24-8-11-27-51(47)61/h1-36H. The zero-order chi connectivity index (χ0) is 41.0. The van der Waals surface area contributed by atoms with Crippen molar-refractivity contribution in [2.45, 2.75) is 0 Å². The molecule has 12 rings (SSSR count). The van der Waals surface area contributed by atoms with Crippen LogP contribution in [0, 0.1) is 0 Å². The van der Waals surface area contributed by atoms with Gasteiger partial charge in [0.2, 0.25) is 0 Å². The van der Waals surface area contributed by atoms with E-state index in [1.807, 2.05) is 17.4 Å². The van der Waals surface area contributed by atoms with Crippen LogP contribution < -0.4 is 0 Å². The van der Waals surface area contributed by atoms with Crippen LogP contribution in [0.3, 0.4) is 0 Å². The minimum absolute atomic E-state index is 0.605. The van der Waals surface area contributed by atoms with Gasteiger partial charge in [-0.05, 0) is 76.3 Å². The van der Waals surface area contributed by atoms with Crippen LogP contribution in [0.1, 0.15) is 0 Å². The Kier molecular flexibility index (Phi) is 8.65. The number of aromatic nitrogens is 4. The van der Waals surface area contributed by atoms with Gasteiger partial charge in [0, 0.05) is 53.2 Å². The summed E-state index contributed by atoms with van der Waals surface area (Å²) in [7, 11) is 0. The number of hydrogen-bond donors (Lipinski definition) is 0. The van der Waals surface area contributed by atoms with Crippen molar-refractivity contribution >= 4 is 53.3 Å². The lowest BCUT2D eigenvalue weighted by Crippen LogP contribution is -2.02. The van der Waals surface area contributed by atoms with Gasteiger partial charge < -0.3 is 4.57 Å². The molecule has 0 saturated carbocycles. The van der Waals surface area contributed by atoms with Crippen LogP contribution in [0.5, 0.6) is 0 Å². The highest BCUT2D eigenvalue weighted by Gasteiger charge is 2.19. The van der Waals surface area contributed by atoms with Crippen LogP contribution in [0.15, 0.2) is 218 Å². The summed E-state index contributed by atoms with van der Waals surface area (Å²) in [5.74, 6) is 1.84. The third-order valence-corrected chi connectivity index (χ3v) is 13.0. The van der Waals surface area contributed by atoms with E-state index >= 15 is 0 Å². The van der Waals surface area contributed by atoms with Crippen molar-refractivity contribution in [1.29, 1.82) is 0 Å². The van der Waals surface area contributed by atoms with Crippen molar-refractivity contribution in [3.05, 3.63) is 218 Å². The minimum atomic E-state index is 0.605. The Labute approximate surface area is 362 Å². The fourth-order valence-corrected chi connectivity index (χ4v) is 9.96. The molecule has 0 aliphatic carbocycles. The molecule has 0 aliphatic rings. The molecule has 0 atom stereocenters. The normalized spacial score (nSPS) is 11.5. The molecular formula is C57H36N4S. The first-order valence-corrected chi connectivity index (χ1v) is 21.7. The van der Waals surface area contributed by atoms with Gasteiger partial charge in [-0.15, -0.1) is 11.3 Å². The first-order valence-electron chi connectivity index (χ1n) is 20.8. The highest BCUT2D eigenvalue weighted by atomic mass is 32.1. The van der Waals surface area contributed by atoms with E-state index in [0.717, 1.165) is 66.8 Å². The molecule has 0 aliphatic heterocycles. The van der Waals surface area contributed by atoms with Gasteiger partial charge in [-0.2, -0.15) is 0 Å². The maximum Gasteiger partial charge on any atom is 0.164 e. The summed E-state index contributed by atoms with van der Waals surface area (Å²) < 4.78 is 4.97. The predicted octanol–water partition coefficient (Wildman–Crippen LogP) is 15.3. The van der Waals surface area contributed by atoms with Crippen molar-refractivity contribution in [3.63, 3.8) is 0 Å². The number of hydrogen-bond acceptors (Lipinski definition) is 4. The number of fused-ring (bicyclic) bond motifs is 6. The quantitative estimate of drug-likeness (QED) is 0.161. The fourth-order valence-electron chi connectivity index (χ4n) is 8.87. The summed E-state index contributed by atoms with van der Waals surface area (Å²) in [6.07, 6.45) is 0. The zero-order valence-corrected chi connectivity index (χ0v) is 34.3. The number of rotatable bonds is 7. The molecule has 0 saturated heterocycles. The van der Waals surface area contributed by atoms with Crippen LogP contribution in [0.4, 0.5) is 0 Å². The highest BCUT2D eigenvalue weighted by molar-refractivity contribution is 7.25. The van der Waals surface area contributed by atoms with Crippen molar-refractivity contribution in [3.8, 4) is 73.2 Å². The SMILES string of the molecule is c1ccc(-c2cccc(-c3nc(-c4cccc(-c5ccc6sc7ccccc7c6c5)c4)nc(-c4ccc(-c5ccccc5)c(-n5c6ccccc6c6ccccc65)c4)n3)c2)cc1. The summed E-state index contributed by atoms with van der Waals surface area (Å²) in [6.45, 7) is 0. The molecule has 3 aromatic heterocycles. The average molecular weight is 809 g/mol. The molecule has 290 valence electrons. The summed E-state index contributed by atoms with van der Waals surface area (Å²) in [5.41, 5.74) is 12.8. The molecule has 0 spiro atoms. The van der Waals surface area contributed by atoms with E-state index in [1.54, 1.807) is 0 Å². The second-order valence-electron chi connectivity index (χ2n) is 15.6. The van der Waals surface area contributed by atoms with Gasteiger partial charge in [-0.3, -0.25) is 0 Å². The third-order valence-electron chi connectivity index (χ3n) is 11.9. The predicted molar refractivity (Wildman–Crippen MR) is 260 cm³/mol. The monoisotopic (exact) mass is 808 g/mol. The zero-order valence-electron chi connectivity index (χ0n) is 33.5. The van der Waals surface area contributed by atoms with Gasteiger partial charge in [-0.25, -0.2) is 15.0 Å². The average Bonchev–Trinajstić information content (AvgIpc) is 3.90. The molecule has 62 heavy (non-hydrogen) atoms. The molecule has 0 unspecified atom stereocenters. The molecule has 12 aromatic rings. The van der Waals surface area contributed by atoms with Crippen LogP contribution in [-0.2, 0) is 0 Å². The van der Waals surface area contributed by atoms with E-state index in [9.17, 15) is 0 Å². The Morgan fingerprint density at radius 3 is 1.39 bits per heavy atom. The van der Waals surface area contributed by atoms with Gasteiger partial charge in [0.1, 0.15) is 0 Å². The van der Waals surface area contributed by atoms with E-state index in [1.165, 1.54) is 30.9 Å². The number of thiophene rings is 1. The number of benzene rings is 9. The molecule has 3 heterocycles. The van der Waals surface area contributed by atoms with Crippen LogP contribution in [0.25, 0.3) is 115 Å². The molecule has 0 radical (unpaired) electrons. The Hall–Kier alpha value is -7.99. The van der Waals surface area contributed by atoms with Crippen molar-refractivity contribution < 1.29 is 0 Å². The van der Waals surface area contributed by atoms with Gasteiger partial charge in [-0.1, -0.05) is 170 Å². The van der Waals surface area contributed by atoms with E-state index in [4.69, 9.17) is 15.0 Å². The van der Waals surface area contributed by atoms with Crippen molar-refractivity contribution in [2.24, 2.45) is 0 Å². The number of para-hydroxylation sites is 2. The van der Waals surface area contributed by atoms with Gasteiger partial charge in [0.25, 0.3) is 0 Å². The van der Waals surface area contributed by atoms with Gasteiger partial charge >= 0.3 is 0 Å².